The van der Waals surface area contributed by atoms with Gasteiger partial charge in [-0.3, -0.25) is 24.0 Å². The molecule has 30 N–H and O–H groups in total. The van der Waals surface area contributed by atoms with Crippen LogP contribution in [0.1, 0.15) is 241 Å². The molecule has 7 rings (SSSR count). The van der Waals surface area contributed by atoms with E-state index in [1.54, 1.807) is 6.08 Å². The molecule has 147 heavy (non-hydrogen) atoms. The minimum Gasteiger partial charge on any atom is -0.477 e. The highest BCUT2D eigenvalue weighted by molar-refractivity contribution is 5.79. The smallest absolute Gasteiger partial charge is 0.364 e. The highest BCUT2D eigenvalue weighted by Crippen LogP contribution is 2.45. The van der Waals surface area contributed by atoms with Crippen molar-refractivity contribution in [3.05, 3.63) is 12.2 Å². The summed E-state index contributed by atoms with van der Waals surface area (Å²) in [6.07, 6.45) is -48.1. The molecule has 52 nitrogen and oxygen atoms in total. The topological polar surface area (TPSA) is 832 Å². The molecule has 5 amide bonds. The third kappa shape index (κ3) is 36.1. The van der Waals surface area contributed by atoms with Gasteiger partial charge in [-0.05, 0) is 19.3 Å². The largest absolute Gasteiger partial charge is 0.477 e. The fourth-order valence-electron chi connectivity index (χ4n) is 19.5. The minimum atomic E-state index is -3.81. The predicted octanol–water partition coefficient (Wildman–Crippen LogP) is -6.69. The first-order chi connectivity index (χ1) is 69.9. The van der Waals surface area contributed by atoms with Crippen molar-refractivity contribution in [3.8, 4) is 0 Å². The second-order valence-electron chi connectivity index (χ2n) is 39.2. The second kappa shape index (κ2) is 63.2. The molecule has 0 saturated carbocycles. The first-order valence-electron chi connectivity index (χ1n) is 51.4. The lowest BCUT2D eigenvalue weighted by molar-refractivity contribution is -0.405. The number of amides is 5. The summed E-state index contributed by atoms with van der Waals surface area (Å²) in [6.45, 7) is -2.28. The first kappa shape index (κ1) is 128. The Kier molecular flexibility index (Phi) is 55.0. The minimum absolute atomic E-state index is 0.0461. The van der Waals surface area contributed by atoms with Crippen LogP contribution >= 0.6 is 0 Å². The molecule has 852 valence electrons. The van der Waals surface area contributed by atoms with Crippen LogP contribution in [0.3, 0.4) is 0 Å². The number of carbonyl (C=O) groups excluding carboxylic acids is 5. The number of unbranched alkanes of at least 4 members (excludes halogenated alkanes) is 25. The summed E-state index contributed by atoms with van der Waals surface area (Å²) in [5.41, 5.74) is 0. The van der Waals surface area contributed by atoms with Crippen LogP contribution in [0.4, 0.5) is 0 Å². The molecule has 7 saturated heterocycles. The summed E-state index contributed by atoms with van der Waals surface area (Å²) in [6, 6.07) is -9.38. The highest BCUT2D eigenvalue weighted by Gasteiger charge is 2.66. The zero-order chi connectivity index (χ0) is 109. The van der Waals surface area contributed by atoms with Crippen LogP contribution in [0.2, 0.25) is 0 Å². The molecule has 38 unspecified atom stereocenters. The van der Waals surface area contributed by atoms with Gasteiger partial charge in [0.05, 0.1) is 101 Å². The van der Waals surface area contributed by atoms with Gasteiger partial charge in [0.15, 0.2) is 25.2 Å². The van der Waals surface area contributed by atoms with Crippen molar-refractivity contribution in [2.24, 2.45) is 0 Å². The van der Waals surface area contributed by atoms with Crippen molar-refractivity contribution in [2.75, 3.05) is 52.9 Å². The molecule has 0 bridgehead atoms. The van der Waals surface area contributed by atoms with Crippen molar-refractivity contribution in [1.29, 1.82) is 0 Å². The number of aliphatic hydroxyl groups is 22. The number of carboxylic acid groups (broad SMARTS) is 3. The molecule has 7 aliphatic rings. The van der Waals surface area contributed by atoms with Crippen molar-refractivity contribution in [3.63, 3.8) is 0 Å². The summed E-state index contributed by atoms with van der Waals surface area (Å²) in [7, 11) is 0. The lowest BCUT2D eigenvalue weighted by Crippen LogP contribution is -2.73. The Hall–Kier alpha value is -5.94. The van der Waals surface area contributed by atoms with Crippen molar-refractivity contribution >= 4 is 47.4 Å². The Morgan fingerprint density at radius 3 is 1.13 bits per heavy atom. The van der Waals surface area contributed by atoms with Crippen LogP contribution < -0.4 is 26.6 Å². The van der Waals surface area contributed by atoms with E-state index in [1.807, 2.05) is 0 Å². The maximum atomic E-state index is 14.6. The molecule has 40 atom stereocenters. The van der Waals surface area contributed by atoms with Crippen molar-refractivity contribution in [2.45, 2.75) is 484 Å². The van der Waals surface area contributed by atoms with Crippen molar-refractivity contribution in [1.82, 2.24) is 26.6 Å². The number of allylic oxidation sites excluding steroid dienone is 1. The van der Waals surface area contributed by atoms with Gasteiger partial charge in [0, 0.05) is 53.4 Å². The van der Waals surface area contributed by atoms with E-state index >= 15 is 0 Å². The van der Waals surface area contributed by atoms with Crippen molar-refractivity contribution < 1.29 is 232 Å². The molecular weight excluding hydrogens is 1960 g/mol. The third-order valence-corrected chi connectivity index (χ3v) is 27.6. The molecule has 52 heteroatoms. The van der Waals surface area contributed by atoms with Gasteiger partial charge in [-0.2, -0.15) is 0 Å². The van der Waals surface area contributed by atoms with Gasteiger partial charge in [0.1, 0.15) is 153 Å². The fourth-order valence-corrected chi connectivity index (χ4v) is 19.5. The molecule has 0 spiro atoms. The Labute approximate surface area is 852 Å². The number of aliphatic hydroxyl groups excluding tert-OH is 22. The van der Waals surface area contributed by atoms with E-state index < -0.39 is 363 Å². The Morgan fingerprint density at radius 2 is 0.714 bits per heavy atom. The van der Waals surface area contributed by atoms with E-state index in [4.69, 9.17) is 66.3 Å². The molecule has 7 heterocycles. The summed E-state index contributed by atoms with van der Waals surface area (Å²) in [5, 5.41) is 298. The number of nitrogens with one attached hydrogen (secondary N) is 5. The average molecular weight is 2130 g/mol. The maximum absolute atomic E-state index is 14.6. The quantitative estimate of drug-likeness (QED) is 0.0199. The van der Waals surface area contributed by atoms with Crippen LogP contribution in [0.25, 0.3) is 0 Å². The van der Waals surface area contributed by atoms with E-state index in [2.05, 4.69) is 40.4 Å². The third-order valence-electron chi connectivity index (χ3n) is 27.6. The molecule has 7 fully saturated rings. The molecule has 0 aromatic rings. The first-order valence-corrected chi connectivity index (χ1v) is 51.4. The number of aliphatic carboxylic acids is 3. The maximum Gasteiger partial charge on any atom is 0.364 e. The van der Waals surface area contributed by atoms with Gasteiger partial charge in [-0.25, -0.2) is 14.4 Å². The van der Waals surface area contributed by atoms with Gasteiger partial charge in [-0.1, -0.05) is 180 Å². The van der Waals surface area contributed by atoms with Crippen LogP contribution in [0.15, 0.2) is 12.2 Å². The zero-order valence-electron chi connectivity index (χ0n) is 84.3. The molecule has 7 aliphatic heterocycles. The van der Waals surface area contributed by atoms with Crippen LogP contribution in [-0.4, -0.2) is 472 Å². The summed E-state index contributed by atoms with van der Waals surface area (Å²) >= 11 is 0. The Morgan fingerprint density at radius 1 is 0.367 bits per heavy atom. The van der Waals surface area contributed by atoms with Gasteiger partial charge < -0.3 is 221 Å². The number of rotatable bonds is 66. The molecular formula is C95H165N5O47. The molecule has 0 aromatic heterocycles. The van der Waals surface area contributed by atoms with E-state index in [-0.39, 0.29) is 6.42 Å². The van der Waals surface area contributed by atoms with Gasteiger partial charge >= 0.3 is 17.9 Å². The summed E-state index contributed by atoms with van der Waals surface area (Å²) in [4.78, 5) is 107. The van der Waals surface area contributed by atoms with Crippen LogP contribution in [-0.2, 0) is 105 Å². The predicted molar refractivity (Wildman–Crippen MR) is 501 cm³/mol. The van der Waals surface area contributed by atoms with Crippen LogP contribution in [0, 0.1) is 0 Å². The molecule has 0 radical (unpaired) electrons. The summed E-state index contributed by atoms with van der Waals surface area (Å²) < 4.78 is 84.6. The monoisotopic (exact) mass is 2130 g/mol. The lowest BCUT2D eigenvalue weighted by atomic mass is 9.87. The second-order valence-corrected chi connectivity index (χ2v) is 39.2. The lowest BCUT2D eigenvalue weighted by Gasteiger charge is -2.53. The number of ether oxygens (including phenoxy) is 14. The zero-order valence-corrected chi connectivity index (χ0v) is 84.3. The Bertz CT molecular complexity index is 3920. The standard InChI is InChI=1S/C95H165N5O47/c1-7-9-11-13-15-17-19-21-22-24-26-28-30-32-34-36-64(118)100-52(53(112)35-33-31-29-27-25-23-20-18-16-14-12-10-8-2)47-134-87-75(125)74(124)78(62(45-106)137-87)139-89-77(127)85(147-95(92(132)133)39-56(115)67(98-50(5)110)83(145-95)73(123)61(44-105)142-93(90(128)129)37-54(113)65(96-48(3)108)81(143-93)69(119)57(116)40-101)79(63(46-107)138-89)140-86-68(99-51(6)111)80(71(121)59(42-103)135-86)141-88-76(126)84(72(122)60(43-104)136-88)146-94(91(130)131)38-55(114)66(97-49(4)109)82(144-94)70(120)58(117)41-102/h33,35,52-63,65-89,101-107,112-117,119-127H,7-32,34,36-47H2,1-6H3,(H,96,108)(H,97,109)(H,98,110)(H,99,111)(H,100,118)(H,128,129)(H,130,131)(H,132,133)/b35-33+/t52-,53+,54?,55?,56?,57?,58?,59?,60?,61?,62?,63?,65?,66?,67?,68?,69?,70?,71?,72?,73?,74?,75?,76?,77?,78?,79?,80?,81?,82?,83?,84?,85?,86?,87?,88?,89?,93?,94?,95?/m0/s1. The Balaban J connectivity index is 1.26. The summed E-state index contributed by atoms with van der Waals surface area (Å²) in [5.74, 6) is -22.1. The van der Waals surface area contributed by atoms with Gasteiger partial charge in [-0.15, -0.1) is 0 Å². The van der Waals surface area contributed by atoms with E-state index in [1.165, 1.54) is 83.1 Å². The SMILES string of the molecule is CCCCCCCCCCCCC/C=C/[C@@H](O)[C@H](COC1OC(CO)C(OC2OC(CO)C(OC3OC(CO)C(O)C(OC4OC(CO)C(O)C(OC5(C(=O)O)CC(O)C(NC(C)=O)C(C(O)C(O)CO)O5)C4O)C3NC(C)=O)C(OC3(C(=O)O)CC(O)C(NC(C)=O)C(C(O)C(CO)OC4(C(=O)O)CC(O)C(NC(C)=O)C(C(O)C(O)CO)O4)O3)C2O)C(O)C1O)NC(=O)CCCCCCCCCCCCCCCCC. The van der Waals surface area contributed by atoms with E-state index in [0.717, 1.165) is 111 Å². The van der Waals surface area contributed by atoms with Gasteiger partial charge in [0.25, 0.3) is 17.4 Å². The van der Waals surface area contributed by atoms with Gasteiger partial charge in [0.2, 0.25) is 29.5 Å². The molecule has 0 aromatic carbocycles. The number of carboxylic acids is 3. The average Bonchev–Trinajstić information content (AvgIpc) is 0.742. The number of hydrogen-bond donors (Lipinski definition) is 30. The highest BCUT2D eigenvalue weighted by atomic mass is 16.8. The van der Waals surface area contributed by atoms with E-state index in [9.17, 15) is 166 Å². The number of carbonyl (C=O) groups is 8. The normalized spacial score (nSPS) is 35.5. The fraction of sp³-hybridized carbons (Fsp3) is 0.895. The molecule has 0 aliphatic carbocycles. The van der Waals surface area contributed by atoms with Crippen LogP contribution in [0.5, 0.6) is 0 Å². The van der Waals surface area contributed by atoms with E-state index in [0.29, 0.717) is 12.8 Å². The number of hydrogen-bond acceptors (Lipinski definition) is 44.